The molecular weight excluding hydrogens is 299 g/mol. The van der Waals surface area contributed by atoms with Crippen molar-refractivity contribution in [3.8, 4) is 5.75 Å². The first-order chi connectivity index (χ1) is 11.2. The van der Waals surface area contributed by atoms with E-state index < -0.39 is 5.82 Å². The average Bonchev–Trinajstić information content (AvgIpc) is 3.37. The number of hydrogen-bond acceptors (Lipinski definition) is 3. The summed E-state index contributed by atoms with van der Waals surface area (Å²) in [7, 11) is 0. The molecule has 5 nitrogen and oxygen atoms in total. The van der Waals surface area contributed by atoms with Crippen LogP contribution in [-0.2, 0) is 4.74 Å². The van der Waals surface area contributed by atoms with E-state index in [-0.39, 0.29) is 6.03 Å². The smallest absolute Gasteiger partial charge is 0.319 e. The highest BCUT2D eigenvalue weighted by Gasteiger charge is 2.22. The molecule has 1 aromatic carbocycles. The largest absolute Gasteiger partial charge is 0.491 e. The third-order valence-electron chi connectivity index (χ3n) is 4.25. The van der Waals surface area contributed by atoms with Crippen molar-refractivity contribution in [2.75, 3.05) is 31.7 Å². The van der Waals surface area contributed by atoms with Crippen LogP contribution in [-0.4, -0.2) is 32.4 Å². The molecule has 23 heavy (non-hydrogen) atoms. The van der Waals surface area contributed by atoms with Crippen molar-refractivity contribution in [2.24, 2.45) is 11.8 Å². The number of nitrogens with one attached hydrogen (secondary N) is 2. The summed E-state index contributed by atoms with van der Waals surface area (Å²) in [5.74, 6) is 1.14. The Kier molecular flexibility index (Phi) is 5.33. The van der Waals surface area contributed by atoms with Crippen LogP contribution >= 0.6 is 0 Å². The molecule has 3 rings (SSSR count). The van der Waals surface area contributed by atoms with E-state index in [9.17, 15) is 9.18 Å². The minimum atomic E-state index is -0.400. The Balaban J connectivity index is 1.52. The molecule has 0 unspecified atom stereocenters. The van der Waals surface area contributed by atoms with Crippen molar-refractivity contribution >= 4 is 11.7 Å². The van der Waals surface area contributed by atoms with E-state index in [2.05, 4.69) is 10.6 Å². The number of amides is 2. The van der Waals surface area contributed by atoms with Crippen LogP contribution in [0.4, 0.5) is 14.9 Å². The summed E-state index contributed by atoms with van der Waals surface area (Å²) in [5.41, 5.74) is 0.370. The number of carbonyl (C=O) groups is 1. The van der Waals surface area contributed by atoms with Gasteiger partial charge in [0.25, 0.3) is 0 Å². The van der Waals surface area contributed by atoms with Gasteiger partial charge in [-0.15, -0.1) is 0 Å². The molecule has 0 aromatic heterocycles. The molecule has 1 aromatic rings. The molecule has 126 valence electrons. The van der Waals surface area contributed by atoms with Crippen LogP contribution in [0.1, 0.15) is 25.7 Å². The fourth-order valence-electron chi connectivity index (χ4n) is 2.57. The van der Waals surface area contributed by atoms with Crippen LogP contribution in [0.15, 0.2) is 18.2 Å². The van der Waals surface area contributed by atoms with Gasteiger partial charge in [-0.25, -0.2) is 9.18 Å². The predicted octanol–water partition coefficient (Wildman–Crippen LogP) is 3.16. The molecule has 2 aliphatic rings. The molecule has 1 aliphatic carbocycles. The Morgan fingerprint density at radius 3 is 2.74 bits per heavy atom. The molecule has 2 N–H and O–H groups in total. The molecule has 0 spiro atoms. The Bertz CT molecular complexity index is 543. The number of urea groups is 1. The normalized spacial score (nSPS) is 18.5. The Morgan fingerprint density at radius 1 is 1.22 bits per heavy atom. The van der Waals surface area contributed by atoms with Crippen LogP contribution in [0.25, 0.3) is 0 Å². The van der Waals surface area contributed by atoms with Crippen molar-refractivity contribution in [3.05, 3.63) is 24.0 Å². The minimum absolute atomic E-state index is 0.335. The molecule has 1 aliphatic heterocycles. The highest BCUT2D eigenvalue weighted by Crippen LogP contribution is 2.32. The van der Waals surface area contributed by atoms with Crippen LogP contribution < -0.4 is 15.4 Å². The Hall–Kier alpha value is -1.82. The molecule has 0 bridgehead atoms. The number of halogens is 1. The zero-order valence-electron chi connectivity index (χ0n) is 13.1. The molecule has 1 heterocycles. The SMILES string of the molecule is O=C(NCC1CCOCC1)Nc1cc(F)ccc1OCC1CC1. The fraction of sp³-hybridized carbons (Fsp3) is 0.588. The van der Waals surface area contributed by atoms with E-state index in [1.54, 1.807) is 6.07 Å². The third-order valence-corrected chi connectivity index (χ3v) is 4.25. The van der Waals surface area contributed by atoms with Gasteiger partial charge in [0.1, 0.15) is 11.6 Å². The summed E-state index contributed by atoms with van der Waals surface area (Å²) in [5, 5.41) is 5.53. The monoisotopic (exact) mass is 322 g/mol. The fourth-order valence-corrected chi connectivity index (χ4v) is 2.57. The first-order valence-corrected chi connectivity index (χ1v) is 8.25. The Morgan fingerprint density at radius 2 is 2.00 bits per heavy atom. The lowest BCUT2D eigenvalue weighted by Gasteiger charge is -2.22. The number of hydrogen-bond donors (Lipinski definition) is 2. The molecule has 2 amide bonds. The summed E-state index contributed by atoms with van der Waals surface area (Å²) in [6.45, 7) is 2.71. The quantitative estimate of drug-likeness (QED) is 0.846. The number of anilines is 1. The highest BCUT2D eigenvalue weighted by molar-refractivity contribution is 5.90. The minimum Gasteiger partial charge on any atom is -0.491 e. The zero-order valence-corrected chi connectivity index (χ0v) is 13.1. The van der Waals surface area contributed by atoms with Gasteiger partial charge in [-0.1, -0.05) is 0 Å². The summed E-state index contributed by atoms with van der Waals surface area (Å²) in [6.07, 6.45) is 4.26. The van der Waals surface area contributed by atoms with Gasteiger partial charge < -0.3 is 20.1 Å². The molecule has 6 heteroatoms. The molecule has 1 saturated heterocycles. The van der Waals surface area contributed by atoms with Crippen molar-refractivity contribution in [1.82, 2.24) is 5.32 Å². The molecular formula is C17H23FN2O3. The average molecular weight is 322 g/mol. The first-order valence-electron chi connectivity index (χ1n) is 8.25. The van der Waals surface area contributed by atoms with Crippen molar-refractivity contribution in [3.63, 3.8) is 0 Å². The zero-order chi connectivity index (χ0) is 16.1. The maximum atomic E-state index is 13.4. The summed E-state index contributed by atoms with van der Waals surface area (Å²) in [4.78, 5) is 12.0. The van der Waals surface area contributed by atoms with E-state index in [1.165, 1.54) is 25.0 Å². The lowest BCUT2D eigenvalue weighted by Crippen LogP contribution is -2.35. The number of rotatable bonds is 6. The third kappa shape index (κ3) is 5.10. The number of ether oxygens (including phenoxy) is 2. The van der Waals surface area contributed by atoms with E-state index in [4.69, 9.17) is 9.47 Å². The number of benzene rings is 1. The molecule has 0 atom stereocenters. The van der Waals surface area contributed by atoms with Gasteiger partial charge in [-0.2, -0.15) is 0 Å². The van der Waals surface area contributed by atoms with Crippen molar-refractivity contribution < 1.29 is 18.7 Å². The van der Waals surface area contributed by atoms with E-state index in [0.29, 0.717) is 36.4 Å². The second-order valence-electron chi connectivity index (χ2n) is 6.29. The van der Waals surface area contributed by atoms with Gasteiger partial charge in [0.05, 0.1) is 12.3 Å². The van der Waals surface area contributed by atoms with Gasteiger partial charge in [-0.3, -0.25) is 0 Å². The Labute approximate surface area is 135 Å². The second-order valence-corrected chi connectivity index (χ2v) is 6.29. The van der Waals surface area contributed by atoms with Gasteiger partial charge in [0, 0.05) is 25.8 Å². The second kappa shape index (κ2) is 7.64. The van der Waals surface area contributed by atoms with Gasteiger partial charge in [-0.05, 0) is 49.7 Å². The highest BCUT2D eigenvalue weighted by atomic mass is 19.1. The predicted molar refractivity (Wildman–Crippen MR) is 85.2 cm³/mol. The lowest BCUT2D eigenvalue weighted by molar-refractivity contribution is 0.0671. The summed E-state index contributed by atoms with van der Waals surface area (Å²) < 4.78 is 24.4. The first kappa shape index (κ1) is 16.1. The van der Waals surface area contributed by atoms with Gasteiger partial charge in [0.15, 0.2) is 0 Å². The lowest BCUT2D eigenvalue weighted by atomic mass is 10.0. The summed E-state index contributed by atoms with van der Waals surface area (Å²) >= 11 is 0. The van der Waals surface area contributed by atoms with Crippen LogP contribution in [0.5, 0.6) is 5.75 Å². The topological polar surface area (TPSA) is 59.6 Å². The van der Waals surface area contributed by atoms with Crippen molar-refractivity contribution in [2.45, 2.75) is 25.7 Å². The summed E-state index contributed by atoms with van der Waals surface area (Å²) in [6, 6.07) is 3.86. The van der Waals surface area contributed by atoms with Crippen LogP contribution in [0, 0.1) is 17.7 Å². The maximum absolute atomic E-state index is 13.4. The molecule has 1 saturated carbocycles. The van der Waals surface area contributed by atoms with E-state index in [0.717, 1.165) is 26.1 Å². The van der Waals surface area contributed by atoms with Gasteiger partial charge >= 0.3 is 6.03 Å². The molecule has 2 fully saturated rings. The standard InChI is InChI=1S/C17H23FN2O3/c18-14-3-4-16(23-11-13-1-2-13)15(9-14)20-17(21)19-10-12-5-7-22-8-6-12/h3-4,9,12-13H,1-2,5-8,10-11H2,(H2,19,20,21). The molecule has 0 radical (unpaired) electrons. The van der Waals surface area contributed by atoms with Crippen molar-refractivity contribution in [1.29, 1.82) is 0 Å². The van der Waals surface area contributed by atoms with Crippen LogP contribution in [0.3, 0.4) is 0 Å². The van der Waals surface area contributed by atoms with Crippen LogP contribution in [0.2, 0.25) is 0 Å². The van der Waals surface area contributed by atoms with E-state index >= 15 is 0 Å². The van der Waals surface area contributed by atoms with Gasteiger partial charge in [0.2, 0.25) is 0 Å². The maximum Gasteiger partial charge on any atom is 0.319 e. The number of carbonyl (C=O) groups excluding carboxylic acids is 1. The van der Waals surface area contributed by atoms with E-state index in [1.807, 2.05) is 0 Å².